The Bertz CT molecular complexity index is 167. The van der Waals surface area contributed by atoms with Crippen molar-refractivity contribution >= 4 is 17.0 Å². The van der Waals surface area contributed by atoms with Gasteiger partial charge >= 0.3 is 0 Å². The number of hydrogen-bond donors (Lipinski definition) is 0. The van der Waals surface area contributed by atoms with Gasteiger partial charge < -0.3 is 10.0 Å². The molecule has 96 valence electrons. The molecule has 0 amide bonds. The maximum Gasteiger partial charge on any atom is 0.0925 e. The second-order valence-electron chi connectivity index (χ2n) is 4.47. The first-order chi connectivity index (χ1) is 5.95. The van der Waals surface area contributed by atoms with Crippen LogP contribution in [0.5, 0.6) is 0 Å². The molecule has 0 aromatic heterocycles. The first-order valence-corrected chi connectivity index (χ1v) is 7.56. The van der Waals surface area contributed by atoms with E-state index in [-0.39, 0.29) is 15.4 Å². The standard InChI is InChI=1S/C11H25OP.H2O.H3P/c1-6-7-8-9-13(12,10(2)3)11(4)5;;/h10-11H,6-9H2,1-5H3;1H2;1H3. The van der Waals surface area contributed by atoms with Crippen LogP contribution in [0.3, 0.4) is 0 Å². The summed E-state index contributed by atoms with van der Waals surface area (Å²) >= 11 is 0. The summed E-state index contributed by atoms with van der Waals surface area (Å²) < 4.78 is 12.5. The van der Waals surface area contributed by atoms with Crippen molar-refractivity contribution in [3.63, 3.8) is 0 Å². The monoisotopic (exact) mass is 256 g/mol. The van der Waals surface area contributed by atoms with Gasteiger partial charge in [0.25, 0.3) is 0 Å². The number of hydrogen-bond acceptors (Lipinski definition) is 1. The summed E-state index contributed by atoms with van der Waals surface area (Å²) in [5.74, 6) is 0. The molecule has 0 spiro atoms. The van der Waals surface area contributed by atoms with Crippen molar-refractivity contribution in [1.29, 1.82) is 0 Å². The maximum absolute atomic E-state index is 12.5. The zero-order chi connectivity index (χ0) is 10.5. The lowest BCUT2D eigenvalue weighted by Crippen LogP contribution is -2.11. The van der Waals surface area contributed by atoms with Gasteiger partial charge in [-0.1, -0.05) is 47.5 Å². The molecule has 2 nitrogen and oxygen atoms in total. The highest BCUT2D eigenvalue weighted by Gasteiger charge is 2.29. The van der Waals surface area contributed by atoms with Crippen molar-refractivity contribution < 1.29 is 10.0 Å². The lowest BCUT2D eigenvalue weighted by molar-refractivity contribution is 0.557. The lowest BCUT2D eigenvalue weighted by Gasteiger charge is -2.25. The summed E-state index contributed by atoms with van der Waals surface area (Å²) in [6.07, 6.45) is 4.54. The van der Waals surface area contributed by atoms with Crippen LogP contribution in [0.1, 0.15) is 53.9 Å². The molecule has 2 N–H and O–H groups in total. The van der Waals surface area contributed by atoms with Gasteiger partial charge in [0.15, 0.2) is 0 Å². The predicted molar refractivity (Wildman–Crippen MR) is 77.0 cm³/mol. The van der Waals surface area contributed by atoms with Gasteiger partial charge in [0.05, 0.1) is 7.14 Å². The van der Waals surface area contributed by atoms with Gasteiger partial charge in [0.2, 0.25) is 0 Å². The third kappa shape index (κ3) is 6.72. The molecule has 4 heteroatoms. The molecule has 0 aliphatic heterocycles. The average molecular weight is 256 g/mol. The van der Waals surface area contributed by atoms with Crippen molar-refractivity contribution in [2.24, 2.45) is 0 Å². The third-order valence-corrected chi connectivity index (χ3v) is 7.37. The van der Waals surface area contributed by atoms with E-state index in [2.05, 4.69) is 34.6 Å². The number of unbranched alkanes of at least 4 members (excludes halogenated alkanes) is 2. The molecule has 0 aromatic rings. The molecule has 0 heterocycles. The molecule has 0 radical (unpaired) electrons. The summed E-state index contributed by atoms with van der Waals surface area (Å²) in [4.78, 5) is 0. The van der Waals surface area contributed by atoms with Crippen molar-refractivity contribution in [2.45, 2.75) is 65.2 Å². The molecule has 0 saturated heterocycles. The topological polar surface area (TPSA) is 48.6 Å². The summed E-state index contributed by atoms with van der Waals surface area (Å²) in [5.41, 5.74) is 0.730. The first kappa shape index (κ1) is 21.0. The largest absolute Gasteiger partial charge is 0.412 e. The summed E-state index contributed by atoms with van der Waals surface area (Å²) in [6.45, 7) is 10.6. The normalized spacial score (nSPS) is 11.1. The van der Waals surface area contributed by atoms with E-state index in [1.807, 2.05) is 0 Å². The van der Waals surface area contributed by atoms with Crippen LogP contribution in [0.25, 0.3) is 0 Å². The van der Waals surface area contributed by atoms with Crippen molar-refractivity contribution in [2.75, 3.05) is 6.16 Å². The Morgan fingerprint density at radius 1 is 1.00 bits per heavy atom. The highest BCUT2D eigenvalue weighted by Crippen LogP contribution is 2.55. The van der Waals surface area contributed by atoms with Crippen LogP contribution in [0.15, 0.2) is 0 Å². The summed E-state index contributed by atoms with van der Waals surface area (Å²) in [6, 6.07) is 0. The summed E-state index contributed by atoms with van der Waals surface area (Å²) in [7, 11) is -1.89. The van der Waals surface area contributed by atoms with E-state index in [1.165, 1.54) is 12.8 Å². The van der Waals surface area contributed by atoms with E-state index >= 15 is 0 Å². The van der Waals surface area contributed by atoms with Crippen molar-refractivity contribution in [3.8, 4) is 0 Å². The molecule has 0 fully saturated rings. The van der Waals surface area contributed by atoms with Gasteiger partial charge in [-0.2, -0.15) is 9.90 Å². The molecular formula is C11H30O2P2. The van der Waals surface area contributed by atoms with Crippen LogP contribution in [-0.4, -0.2) is 23.0 Å². The second-order valence-corrected chi connectivity index (χ2v) is 8.69. The van der Waals surface area contributed by atoms with Gasteiger partial charge in [0, 0.05) is 17.5 Å². The van der Waals surface area contributed by atoms with Crippen molar-refractivity contribution in [3.05, 3.63) is 0 Å². The molecule has 15 heavy (non-hydrogen) atoms. The lowest BCUT2D eigenvalue weighted by atomic mass is 10.3. The van der Waals surface area contributed by atoms with Gasteiger partial charge in [-0.15, -0.1) is 0 Å². The van der Waals surface area contributed by atoms with E-state index in [0.717, 1.165) is 12.6 Å². The molecular weight excluding hydrogens is 226 g/mol. The minimum atomic E-state index is -1.89. The quantitative estimate of drug-likeness (QED) is 0.529. The smallest absolute Gasteiger partial charge is 0.0925 e. The average Bonchev–Trinajstić information content (AvgIpc) is 2.03. The van der Waals surface area contributed by atoms with E-state index in [0.29, 0.717) is 11.3 Å². The zero-order valence-corrected chi connectivity index (χ0v) is 13.4. The van der Waals surface area contributed by atoms with E-state index in [9.17, 15) is 4.57 Å². The SMILES string of the molecule is CCCCCP(=O)(C(C)C)C(C)C.O.P. The first-order valence-electron chi connectivity index (χ1n) is 5.53. The van der Waals surface area contributed by atoms with Gasteiger partial charge in [-0.3, -0.25) is 0 Å². The fourth-order valence-electron chi connectivity index (χ4n) is 1.72. The zero-order valence-electron chi connectivity index (χ0n) is 11.0. The molecule has 1 unspecified atom stereocenters. The molecule has 1 atom stereocenters. The Kier molecular flexibility index (Phi) is 13.7. The minimum Gasteiger partial charge on any atom is -0.412 e. The van der Waals surface area contributed by atoms with E-state index < -0.39 is 7.14 Å². The van der Waals surface area contributed by atoms with Gasteiger partial charge in [-0.05, 0) is 6.42 Å². The van der Waals surface area contributed by atoms with Crippen LogP contribution >= 0.6 is 17.0 Å². The molecule has 0 bridgehead atoms. The molecule has 0 saturated carbocycles. The second kappa shape index (κ2) is 9.82. The minimum absolute atomic E-state index is 0. The molecule has 0 aliphatic rings. The molecule has 0 aliphatic carbocycles. The van der Waals surface area contributed by atoms with E-state index in [4.69, 9.17) is 0 Å². The van der Waals surface area contributed by atoms with Crippen LogP contribution < -0.4 is 0 Å². The predicted octanol–water partition coefficient (Wildman–Crippen LogP) is 3.59. The van der Waals surface area contributed by atoms with Crippen LogP contribution in [0, 0.1) is 0 Å². The fourth-order valence-corrected chi connectivity index (χ4v) is 4.66. The fraction of sp³-hybridized carbons (Fsp3) is 1.00. The van der Waals surface area contributed by atoms with E-state index in [1.54, 1.807) is 0 Å². The Balaban J connectivity index is -0.000000720. The Morgan fingerprint density at radius 2 is 1.40 bits per heavy atom. The molecule has 0 aromatic carbocycles. The van der Waals surface area contributed by atoms with Crippen LogP contribution in [0.4, 0.5) is 0 Å². The van der Waals surface area contributed by atoms with Crippen LogP contribution in [0.2, 0.25) is 0 Å². The Labute approximate surface area is 98.9 Å². The maximum atomic E-state index is 12.5. The van der Waals surface area contributed by atoms with Gasteiger partial charge in [-0.25, -0.2) is 0 Å². The Hall–Kier alpha value is 0.620. The Morgan fingerprint density at radius 3 is 1.67 bits per heavy atom. The van der Waals surface area contributed by atoms with Gasteiger partial charge in [0.1, 0.15) is 0 Å². The van der Waals surface area contributed by atoms with Crippen LogP contribution in [-0.2, 0) is 4.57 Å². The van der Waals surface area contributed by atoms with Crippen molar-refractivity contribution in [1.82, 2.24) is 0 Å². The highest BCUT2D eigenvalue weighted by molar-refractivity contribution is 7.65. The highest BCUT2D eigenvalue weighted by atomic mass is 31.2. The molecule has 0 rings (SSSR count). The number of rotatable bonds is 6. The summed E-state index contributed by atoms with van der Waals surface area (Å²) in [5, 5.41) is 0. The third-order valence-electron chi connectivity index (χ3n) is 2.86.